The van der Waals surface area contributed by atoms with Crippen molar-refractivity contribution in [1.82, 2.24) is 0 Å². The van der Waals surface area contributed by atoms with Gasteiger partial charge in [-0.1, -0.05) is 17.7 Å². The molecule has 2 heteroatoms. The SMILES string of the molecule is Cc1cc(C)c(SCCC#N)c(C)c1. The van der Waals surface area contributed by atoms with Crippen LogP contribution in [0.3, 0.4) is 0 Å². The van der Waals surface area contributed by atoms with Crippen LogP contribution in [0.2, 0.25) is 0 Å². The topological polar surface area (TPSA) is 23.8 Å². The van der Waals surface area contributed by atoms with Crippen LogP contribution in [0.15, 0.2) is 17.0 Å². The summed E-state index contributed by atoms with van der Waals surface area (Å²) < 4.78 is 0. The summed E-state index contributed by atoms with van der Waals surface area (Å²) in [5, 5.41) is 8.46. The van der Waals surface area contributed by atoms with E-state index in [2.05, 4.69) is 39.0 Å². The predicted octanol–water partition coefficient (Wildman–Crippen LogP) is 3.62. The Morgan fingerprint density at radius 3 is 2.29 bits per heavy atom. The maximum absolute atomic E-state index is 8.46. The predicted molar refractivity (Wildman–Crippen MR) is 61.6 cm³/mol. The van der Waals surface area contributed by atoms with Crippen LogP contribution >= 0.6 is 11.8 Å². The molecule has 0 spiro atoms. The number of aryl methyl sites for hydroxylation is 3. The Bertz CT molecular complexity index is 340. The maximum atomic E-state index is 8.46. The standard InChI is InChI=1S/C12H15NS/c1-9-7-10(2)12(11(3)8-9)14-6-4-5-13/h7-8H,4,6H2,1-3H3. The first-order chi connectivity index (χ1) is 6.65. The normalized spacial score (nSPS) is 9.86. The van der Waals surface area contributed by atoms with Gasteiger partial charge in [0.25, 0.3) is 0 Å². The first-order valence-electron chi connectivity index (χ1n) is 4.72. The van der Waals surface area contributed by atoms with Crippen LogP contribution < -0.4 is 0 Å². The minimum atomic E-state index is 0.622. The van der Waals surface area contributed by atoms with Gasteiger partial charge in [0.15, 0.2) is 0 Å². The molecule has 0 bridgehead atoms. The van der Waals surface area contributed by atoms with Gasteiger partial charge in [0.2, 0.25) is 0 Å². The smallest absolute Gasteiger partial charge is 0.0630 e. The van der Waals surface area contributed by atoms with E-state index in [1.807, 2.05) is 0 Å². The molecule has 0 aliphatic heterocycles. The molecular weight excluding hydrogens is 190 g/mol. The maximum Gasteiger partial charge on any atom is 0.0630 e. The first kappa shape index (κ1) is 11.1. The lowest BCUT2D eigenvalue weighted by molar-refractivity contribution is 1.17. The largest absolute Gasteiger partial charge is 0.198 e. The lowest BCUT2D eigenvalue weighted by Gasteiger charge is -2.09. The van der Waals surface area contributed by atoms with Crippen molar-refractivity contribution in [3.63, 3.8) is 0 Å². The van der Waals surface area contributed by atoms with Crippen LogP contribution in [0.5, 0.6) is 0 Å². The summed E-state index contributed by atoms with van der Waals surface area (Å²) in [4.78, 5) is 1.34. The van der Waals surface area contributed by atoms with Crippen molar-refractivity contribution in [3.05, 3.63) is 28.8 Å². The zero-order valence-corrected chi connectivity index (χ0v) is 9.74. The zero-order valence-electron chi connectivity index (χ0n) is 8.92. The molecule has 1 aromatic rings. The molecule has 0 atom stereocenters. The Hall–Kier alpha value is -0.940. The molecule has 0 saturated heterocycles. The highest BCUT2D eigenvalue weighted by Gasteiger charge is 2.03. The van der Waals surface area contributed by atoms with Gasteiger partial charge in [-0.15, -0.1) is 11.8 Å². The first-order valence-corrected chi connectivity index (χ1v) is 5.71. The fourth-order valence-corrected chi connectivity index (χ4v) is 2.56. The molecule has 74 valence electrons. The van der Waals surface area contributed by atoms with Crippen molar-refractivity contribution < 1.29 is 0 Å². The van der Waals surface area contributed by atoms with E-state index in [1.165, 1.54) is 21.6 Å². The lowest BCUT2D eigenvalue weighted by atomic mass is 10.1. The average Bonchev–Trinajstić information content (AvgIpc) is 2.09. The summed E-state index contributed by atoms with van der Waals surface area (Å²) >= 11 is 1.78. The van der Waals surface area contributed by atoms with E-state index in [0.717, 1.165) is 5.75 Å². The van der Waals surface area contributed by atoms with Crippen molar-refractivity contribution in [3.8, 4) is 6.07 Å². The molecule has 0 amide bonds. The van der Waals surface area contributed by atoms with E-state index < -0.39 is 0 Å². The molecule has 1 rings (SSSR count). The van der Waals surface area contributed by atoms with Crippen LogP contribution in [0.25, 0.3) is 0 Å². The van der Waals surface area contributed by atoms with Crippen molar-refractivity contribution in [2.75, 3.05) is 5.75 Å². The monoisotopic (exact) mass is 205 g/mol. The van der Waals surface area contributed by atoms with Crippen LogP contribution in [-0.4, -0.2) is 5.75 Å². The molecule has 0 fully saturated rings. The Kier molecular flexibility index (Phi) is 4.03. The summed E-state index contributed by atoms with van der Waals surface area (Å²) in [5.74, 6) is 0.890. The summed E-state index contributed by atoms with van der Waals surface area (Å²) in [7, 11) is 0. The summed E-state index contributed by atoms with van der Waals surface area (Å²) in [5.41, 5.74) is 3.96. The third kappa shape index (κ3) is 2.78. The van der Waals surface area contributed by atoms with E-state index in [-0.39, 0.29) is 0 Å². The van der Waals surface area contributed by atoms with Crippen molar-refractivity contribution >= 4 is 11.8 Å². The number of hydrogen-bond donors (Lipinski definition) is 0. The van der Waals surface area contributed by atoms with E-state index in [9.17, 15) is 0 Å². The average molecular weight is 205 g/mol. The fraction of sp³-hybridized carbons (Fsp3) is 0.417. The Labute approximate surface area is 90.1 Å². The number of rotatable bonds is 3. The van der Waals surface area contributed by atoms with Gasteiger partial charge in [-0.2, -0.15) is 5.26 Å². The molecule has 0 heterocycles. The summed E-state index contributed by atoms with van der Waals surface area (Å²) in [6.07, 6.45) is 0.622. The van der Waals surface area contributed by atoms with Gasteiger partial charge >= 0.3 is 0 Å². The van der Waals surface area contributed by atoms with E-state index in [4.69, 9.17) is 5.26 Å². The Morgan fingerprint density at radius 1 is 1.21 bits per heavy atom. The van der Waals surface area contributed by atoms with E-state index >= 15 is 0 Å². The molecule has 0 saturated carbocycles. The summed E-state index contributed by atoms with van der Waals surface area (Å²) in [6, 6.07) is 6.56. The molecule has 0 aromatic heterocycles. The number of benzene rings is 1. The van der Waals surface area contributed by atoms with Gasteiger partial charge in [0.05, 0.1) is 6.07 Å². The number of hydrogen-bond acceptors (Lipinski definition) is 2. The molecule has 0 N–H and O–H groups in total. The van der Waals surface area contributed by atoms with Crippen LogP contribution in [0, 0.1) is 32.1 Å². The Balaban J connectivity index is 2.81. The highest BCUT2D eigenvalue weighted by molar-refractivity contribution is 7.99. The molecular formula is C12H15NS. The summed E-state index contributed by atoms with van der Waals surface area (Å²) in [6.45, 7) is 6.38. The number of nitrogens with zero attached hydrogens (tertiary/aromatic N) is 1. The number of thioether (sulfide) groups is 1. The van der Waals surface area contributed by atoms with Crippen LogP contribution in [0.4, 0.5) is 0 Å². The minimum absolute atomic E-state index is 0.622. The van der Waals surface area contributed by atoms with Crippen LogP contribution in [0.1, 0.15) is 23.1 Å². The third-order valence-corrected chi connectivity index (χ3v) is 3.41. The molecule has 1 nitrogen and oxygen atoms in total. The second kappa shape index (κ2) is 5.07. The Morgan fingerprint density at radius 2 is 1.79 bits per heavy atom. The second-order valence-electron chi connectivity index (χ2n) is 3.48. The van der Waals surface area contributed by atoms with Crippen molar-refractivity contribution in [2.24, 2.45) is 0 Å². The number of nitriles is 1. The third-order valence-electron chi connectivity index (χ3n) is 2.06. The highest BCUT2D eigenvalue weighted by atomic mass is 32.2. The molecule has 0 unspecified atom stereocenters. The molecule has 0 aliphatic carbocycles. The van der Waals surface area contributed by atoms with E-state index in [1.54, 1.807) is 11.8 Å². The fourth-order valence-electron chi connectivity index (χ4n) is 1.59. The second-order valence-corrected chi connectivity index (χ2v) is 4.59. The van der Waals surface area contributed by atoms with Crippen LogP contribution in [-0.2, 0) is 0 Å². The van der Waals surface area contributed by atoms with Gasteiger partial charge in [0, 0.05) is 17.1 Å². The molecule has 0 radical (unpaired) electrons. The lowest BCUT2D eigenvalue weighted by Crippen LogP contribution is -1.88. The quantitative estimate of drug-likeness (QED) is 0.556. The van der Waals surface area contributed by atoms with Crippen molar-refractivity contribution in [1.29, 1.82) is 5.26 Å². The highest BCUT2D eigenvalue weighted by Crippen LogP contribution is 2.27. The minimum Gasteiger partial charge on any atom is -0.198 e. The van der Waals surface area contributed by atoms with Gasteiger partial charge in [0.1, 0.15) is 0 Å². The van der Waals surface area contributed by atoms with Gasteiger partial charge < -0.3 is 0 Å². The molecule has 14 heavy (non-hydrogen) atoms. The van der Waals surface area contributed by atoms with Gasteiger partial charge in [-0.05, 0) is 31.9 Å². The van der Waals surface area contributed by atoms with Gasteiger partial charge in [-0.25, -0.2) is 0 Å². The van der Waals surface area contributed by atoms with E-state index in [0.29, 0.717) is 6.42 Å². The molecule has 0 aliphatic rings. The van der Waals surface area contributed by atoms with Crippen molar-refractivity contribution in [2.45, 2.75) is 32.1 Å². The zero-order chi connectivity index (χ0) is 10.6. The van der Waals surface area contributed by atoms with Gasteiger partial charge in [-0.3, -0.25) is 0 Å². The molecule has 1 aromatic carbocycles.